The van der Waals surface area contributed by atoms with E-state index in [1.807, 2.05) is 11.3 Å². The molecule has 0 N–H and O–H groups in total. The highest BCUT2D eigenvalue weighted by molar-refractivity contribution is 7.26. The molecule has 0 atom stereocenters. The molecule has 48 heavy (non-hydrogen) atoms. The van der Waals surface area contributed by atoms with Gasteiger partial charge in [-0.2, -0.15) is 0 Å². The number of rotatable bonds is 5. The summed E-state index contributed by atoms with van der Waals surface area (Å²) in [6, 6.07) is 51.2. The van der Waals surface area contributed by atoms with Gasteiger partial charge in [-0.05, 0) is 80.9 Å². The zero-order valence-corrected chi connectivity index (χ0v) is 28.6. The molecule has 6 aromatic carbocycles. The van der Waals surface area contributed by atoms with Gasteiger partial charge in [0.15, 0.2) is 0 Å². The SMILES string of the molecule is CC1(C)C2=C(c3ccccc31)C(C)(C)c1cc(C=Cc3ccc(N(c4ccccc4)c4cccc5c4sc4ccccc45)cc3)ccc12. The maximum absolute atomic E-state index is 2.42. The highest BCUT2D eigenvalue weighted by Gasteiger charge is 2.49. The highest BCUT2D eigenvalue weighted by atomic mass is 32.1. The average molecular weight is 636 g/mol. The molecule has 0 spiro atoms. The van der Waals surface area contributed by atoms with Gasteiger partial charge in [-0.25, -0.2) is 0 Å². The second-order valence-electron chi connectivity index (χ2n) is 14.2. The fraction of sp³-hybridized carbons (Fsp3) is 0.130. The molecule has 232 valence electrons. The van der Waals surface area contributed by atoms with E-state index in [2.05, 4.69) is 184 Å². The number of thiophene rings is 1. The van der Waals surface area contributed by atoms with Gasteiger partial charge in [0.05, 0.1) is 10.4 Å². The number of hydrogen-bond donors (Lipinski definition) is 0. The first-order chi connectivity index (χ1) is 23.3. The number of anilines is 3. The molecule has 9 rings (SSSR count). The van der Waals surface area contributed by atoms with Crippen LogP contribution < -0.4 is 4.90 Å². The van der Waals surface area contributed by atoms with Crippen molar-refractivity contribution in [1.82, 2.24) is 0 Å². The van der Waals surface area contributed by atoms with Crippen LogP contribution in [0, 0.1) is 0 Å². The van der Waals surface area contributed by atoms with E-state index in [4.69, 9.17) is 0 Å². The van der Waals surface area contributed by atoms with Gasteiger partial charge in [0, 0.05) is 37.7 Å². The molecule has 0 saturated carbocycles. The Balaban J connectivity index is 1.05. The first kappa shape index (κ1) is 29.0. The van der Waals surface area contributed by atoms with Gasteiger partial charge in [-0.15, -0.1) is 11.3 Å². The number of para-hydroxylation sites is 1. The number of benzene rings is 6. The lowest BCUT2D eigenvalue weighted by Crippen LogP contribution is -2.19. The van der Waals surface area contributed by atoms with Gasteiger partial charge in [-0.3, -0.25) is 0 Å². The smallest absolute Gasteiger partial charge is 0.0640 e. The number of nitrogens with zero attached hydrogens (tertiary/aromatic N) is 1. The monoisotopic (exact) mass is 635 g/mol. The minimum absolute atomic E-state index is 0.00365. The molecule has 0 saturated heterocycles. The van der Waals surface area contributed by atoms with Crippen molar-refractivity contribution in [2.45, 2.75) is 38.5 Å². The van der Waals surface area contributed by atoms with Crippen molar-refractivity contribution in [1.29, 1.82) is 0 Å². The van der Waals surface area contributed by atoms with Gasteiger partial charge in [0.25, 0.3) is 0 Å². The van der Waals surface area contributed by atoms with Crippen molar-refractivity contribution in [2.75, 3.05) is 4.90 Å². The van der Waals surface area contributed by atoms with E-state index in [0.29, 0.717) is 0 Å². The molecule has 2 heteroatoms. The molecular weight excluding hydrogens is 599 g/mol. The largest absolute Gasteiger partial charge is 0.309 e. The molecule has 1 nitrogen and oxygen atoms in total. The minimum Gasteiger partial charge on any atom is -0.309 e. The lowest BCUT2D eigenvalue weighted by molar-refractivity contribution is 0.694. The van der Waals surface area contributed by atoms with E-state index in [-0.39, 0.29) is 10.8 Å². The van der Waals surface area contributed by atoms with Gasteiger partial charge < -0.3 is 4.90 Å². The molecule has 0 radical (unpaired) electrons. The number of hydrogen-bond acceptors (Lipinski definition) is 2. The van der Waals surface area contributed by atoms with E-state index in [1.54, 1.807) is 0 Å². The summed E-state index contributed by atoms with van der Waals surface area (Å²) in [6.07, 6.45) is 4.51. The van der Waals surface area contributed by atoms with Crippen molar-refractivity contribution >= 4 is 71.9 Å². The van der Waals surface area contributed by atoms with Gasteiger partial charge in [-0.1, -0.05) is 143 Å². The lowest BCUT2D eigenvalue weighted by atomic mass is 9.75. The summed E-state index contributed by atoms with van der Waals surface area (Å²) >= 11 is 1.87. The Morgan fingerprint density at radius 1 is 0.500 bits per heavy atom. The Morgan fingerprint density at radius 2 is 1.10 bits per heavy atom. The zero-order chi connectivity index (χ0) is 32.6. The molecule has 1 aromatic heterocycles. The van der Waals surface area contributed by atoms with E-state index < -0.39 is 0 Å². The topological polar surface area (TPSA) is 3.24 Å². The molecule has 2 aliphatic rings. The molecule has 0 unspecified atom stereocenters. The van der Waals surface area contributed by atoms with Crippen LogP contribution in [0.15, 0.2) is 140 Å². The van der Waals surface area contributed by atoms with E-state index in [1.165, 1.54) is 70.4 Å². The quantitative estimate of drug-likeness (QED) is 0.170. The summed E-state index contributed by atoms with van der Waals surface area (Å²) in [5.74, 6) is 0. The zero-order valence-electron chi connectivity index (χ0n) is 27.8. The molecule has 0 amide bonds. The second kappa shape index (κ2) is 10.7. The molecule has 2 aliphatic carbocycles. The standard InChI is InChI=1S/C46H37NS/c1-45(2)38-18-10-8-16-36(38)42-43(45)37-28-25-31(29-39(37)46(42,3)4)22-21-30-23-26-33(27-24-30)47(32-13-6-5-7-14-32)40-19-12-17-35-34-15-9-11-20-41(34)48-44(35)40/h5-29H,1-4H3. The maximum atomic E-state index is 2.42. The van der Waals surface area contributed by atoms with Gasteiger partial charge in [0.1, 0.15) is 0 Å². The summed E-state index contributed by atoms with van der Waals surface area (Å²) in [5, 5.41) is 2.62. The summed E-state index contributed by atoms with van der Waals surface area (Å²) in [4.78, 5) is 2.39. The van der Waals surface area contributed by atoms with Crippen LogP contribution in [0.2, 0.25) is 0 Å². The van der Waals surface area contributed by atoms with Crippen LogP contribution in [0.4, 0.5) is 17.1 Å². The van der Waals surface area contributed by atoms with Crippen LogP contribution in [-0.2, 0) is 10.8 Å². The van der Waals surface area contributed by atoms with E-state index in [9.17, 15) is 0 Å². The second-order valence-corrected chi connectivity index (χ2v) is 15.3. The molecule has 0 bridgehead atoms. The molecule has 0 aliphatic heterocycles. The first-order valence-electron chi connectivity index (χ1n) is 16.9. The number of fused-ring (bicyclic) bond motifs is 7. The summed E-state index contributed by atoms with van der Waals surface area (Å²) < 4.78 is 2.62. The highest BCUT2D eigenvalue weighted by Crippen LogP contribution is 2.62. The normalized spacial score (nSPS) is 15.7. The van der Waals surface area contributed by atoms with Crippen molar-refractivity contribution in [3.8, 4) is 0 Å². The molecule has 7 aromatic rings. The Labute approximate surface area is 287 Å². The summed E-state index contributed by atoms with van der Waals surface area (Å²) in [5.41, 5.74) is 14.6. The molecular formula is C46H37NS. The van der Waals surface area contributed by atoms with Crippen LogP contribution in [-0.4, -0.2) is 0 Å². The van der Waals surface area contributed by atoms with Crippen molar-refractivity contribution in [2.24, 2.45) is 0 Å². The minimum atomic E-state index is -0.0434. The summed E-state index contributed by atoms with van der Waals surface area (Å²) in [7, 11) is 0. The van der Waals surface area contributed by atoms with Gasteiger partial charge >= 0.3 is 0 Å². The Kier molecular flexibility index (Phi) is 6.44. The Bertz CT molecular complexity index is 2440. The molecule has 1 heterocycles. The predicted octanol–water partition coefficient (Wildman–Crippen LogP) is 13.2. The third-order valence-corrected chi connectivity index (χ3v) is 11.8. The van der Waals surface area contributed by atoms with E-state index in [0.717, 1.165) is 11.4 Å². The first-order valence-corrected chi connectivity index (χ1v) is 17.7. The van der Waals surface area contributed by atoms with Crippen molar-refractivity contribution in [3.63, 3.8) is 0 Å². The fourth-order valence-corrected chi connectivity index (χ4v) is 9.53. The van der Waals surface area contributed by atoms with Crippen LogP contribution >= 0.6 is 11.3 Å². The van der Waals surface area contributed by atoms with E-state index >= 15 is 0 Å². The fourth-order valence-electron chi connectivity index (χ4n) is 8.32. The maximum Gasteiger partial charge on any atom is 0.0640 e. The summed E-state index contributed by atoms with van der Waals surface area (Å²) in [6.45, 7) is 9.57. The van der Waals surface area contributed by atoms with Crippen molar-refractivity contribution in [3.05, 3.63) is 173 Å². The van der Waals surface area contributed by atoms with Gasteiger partial charge in [0.2, 0.25) is 0 Å². The third kappa shape index (κ3) is 4.29. The average Bonchev–Trinajstić information content (AvgIpc) is 3.70. The third-order valence-electron chi connectivity index (χ3n) is 10.6. The van der Waals surface area contributed by atoms with Crippen LogP contribution in [0.1, 0.15) is 61.1 Å². The Hall–Kier alpha value is -5.18. The van der Waals surface area contributed by atoms with Crippen molar-refractivity contribution < 1.29 is 0 Å². The lowest BCUT2D eigenvalue weighted by Gasteiger charge is -2.28. The number of allylic oxidation sites excluding steroid dienone is 2. The van der Waals surface area contributed by atoms with Crippen LogP contribution in [0.25, 0.3) is 43.5 Å². The van der Waals surface area contributed by atoms with Crippen LogP contribution in [0.5, 0.6) is 0 Å². The predicted molar refractivity (Wildman–Crippen MR) is 209 cm³/mol. The Morgan fingerprint density at radius 3 is 1.92 bits per heavy atom. The molecule has 0 fully saturated rings. The van der Waals surface area contributed by atoms with Crippen LogP contribution in [0.3, 0.4) is 0 Å².